The van der Waals surface area contributed by atoms with Gasteiger partial charge in [0, 0.05) is 0 Å². The highest BCUT2D eigenvalue weighted by molar-refractivity contribution is 7.12. The van der Waals surface area contributed by atoms with Crippen molar-refractivity contribution >= 4 is 17.2 Å². The summed E-state index contributed by atoms with van der Waals surface area (Å²) in [5.74, 6) is -0.0606. The zero-order chi connectivity index (χ0) is 12.9. The fraction of sp³-hybridized carbons (Fsp3) is 0.615. The third-order valence-corrected chi connectivity index (χ3v) is 4.32. The Kier molecular flexibility index (Phi) is 5.15. The number of hydrogen-bond acceptors (Lipinski definition) is 3. The molecule has 1 rings (SSSR count). The van der Waals surface area contributed by atoms with Crippen molar-refractivity contribution in [1.29, 1.82) is 0 Å². The number of aryl methyl sites for hydroxylation is 1. The predicted molar refractivity (Wildman–Crippen MR) is 71.6 cm³/mol. The first-order valence-electron chi connectivity index (χ1n) is 6.12. The minimum Gasteiger partial charge on any atom is -0.394 e. The molecule has 0 bridgehead atoms. The molecule has 17 heavy (non-hydrogen) atoms. The van der Waals surface area contributed by atoms with Crippen LogP contribution in [-0.2, 0) is 6.42 Å². The van der Waals surface area contributed by atoms with Crippen LogP contribution in [0.3, 0.4) is 0 Å². The molecule has 0 unspecified atom stereocenters. The van der Waals surface area contributed by atoms with Gasteiger partial charge < -0.3 is 10.4 Å². The largest absolute Gasteiger partial charge is 0.394 e. The average molecular weight is 255 g/mol. The third kappa shape index (κ3) is 3.07. The Morgan fingerprint density at radius 2 is 2.06 bits per heavy atom. The Bertz CT molecular complexity index is 361. The summed E-state index contributed by atoms with van der Waals surface area (Å²) in [4.78, 5) is 12.9. The third-order valence-electron chi connectivity index (χ3n) is 3.37. The number of thiophene rings is 1. The van der Waals surface area contributed by atoms with E-state index in [4.69, 9.17) is 0 Å². The number of aliphatic hydroxyl groups is 1. The van der Waals surface area contributed by atoms with Crippen molar-refractivity contribution in [2.45, 2.75) is 45.6 Å². The van der Waals surface area contributed by atoms with Gasteiger partial charge in [0.1, 0.15) is 0 Å². The SMILES string of the molecule is CCc1ccsc1C(=O)NC(CC)(CC)CO. The van der Waals surface area contributed by atoms with Crippen molar-refractivity contribution in [3.63, 3.8) is 0 Å². The molecule has 0 spiro atoms. The number of amides is 1. The minimum atomic E-state index is -0.480. The summed E-state index contributed by atoms with van der Waals surface area (Å²) >= 11 is 1.46. The number of nitrogens with one attached hydrogen (secondary N) is 1. The minimum absolute atomic E-state index is 0.0153. The van der Waals surface area contributed by atoms with Gasteiger partial charge in [-0.15, -0.1) is 11.3 Å². The number of hydrogen-bond donors (Lipinski definition) is 2. The van der Waals surface area contributed by atoms with E-state index in [-0.39, 0.29) is 12.5 Å². The molecular weight excluding hydrogens is 234 g/mol. The van der Waals surface area contributed by atoms with Crippen LogP contribution in [0, 0.1) is 0 Å². The molecule has 0 aromatic carbocycles. The summed E-state index contributed by atoms with van der Waals surface area (Å²) in [6, 6.07) is 1.98. The number of carbonyl (C=O) groups is 1. The number of rotatable bonds is 6. The van der Waals surface area contributed by atoms with E-state index in [0.29, 0.717) is 0 Å². The lowest BCUT2D eigenvalue weighted by atomic mass is 9.93. The van der Waals surface area contributed by atoms with Gasteiger partial charge in [0.15, 0.2) is 0 Å². The van der Waals surface area contributed by atoms with Crippen molar-refractivity contribution in [3.8, 4) is 0 Å². The quantitative estimate of drug-likeness (QED) is 0.821. The Balaban J connectivity index is 2.84. The molecule has 0 atom stereocenters. The molecule has 1 aromatic rings. The lowest BCUT2D eigenvalue weighted by Gasteiger charge is -2.30. The summed E-state index contributed by atoms with van der Waals surface area (Å²) in [5.41, 5.74) is 0.595. The van der Waals surface area contributed by atoms with E-state index in [1.54, 1.807) is 0 Å². The van der Waals surface area contributed by atoms with E-state index >= 15 is 0 Å². The first kappa shape index (κ1) is 14.2. The van der Waals surface area contributed by atoms with Crippen LogP contribution in [-0.4, -0.2) is 23.2 Å². The second kappa shape index (κ2) is 6.17. The highest BCUT2D eigenvalue weighted by Crippen LogP contribution is 2.20. The van der Waals surface area contributed by atoms with Crippen molar-refractivity contribution < 1.29 is 9.90 Å². The van der Waals surface area contributed by atoms with Gasteiger partial charge in [-0.25, -0.2) is 0 Å². The van der Waals surface area contributed by atoms with Crippen LogP contribution in [0.1, 0.15) is 48.8 Å². The van der Waals surface area contributed by atoms with Crippen LogP contribution in [0.2, 0.25) is 0 Å². The predicted octanol–water partition coefficient (Wildman–Crippen LogP) is 2.59. The zero-order valence-electron chi connectivity index (χ0n) is 10.7. The van der Waals surface area contributed by atoms with Crippen LogP contribution in [0.25, 0.3) is 0 Å². The van der Waals surface area contributed by atoms with Gasteiger partial charge >= 0.3 is 0 Å². The van der Waals surface area contributed by atoms with Crippen molar-refractivity contribution in [2.75, 3.05) is 6.61 Å². The van der Waals surface area contributed by atoms with Gasteiger partial charge in [-0.2, -0.15) is 0 Å². The maximum atomic E-state index is 12.2. The van der Waals surface area contributed by atoms with E-state index in [1.165, 1.54) is 11.3 Å². The Morgan fingerprint density at radius 3 is 2.53 bits per heavy atom. The first-order valence-corrected chi connectivity index (χ1v) is 7.00. The standard InChI is InChI=1S/C13H21NO2S/c1-4-10-7-8-17-11(10)12(16)14-13(5-2,6-3)9-15/h7-8,15H,4-6,9H2,1-3H3,(H,14,16). The summed E-state index contributed by atoms with van der Waals surface area (Å²) < 4.78 is 0. The topological polar surface area (TPSA) is 49.3 Å². The van der Waals surface area contributed by atoms with Gasteiger partial charge in [-0.1, -0.05) is 20.8 Å². The highest BCUT2D eigenvalue weighted by Gasteiger charge is 2.28. The average Bonchev–Trinajstić information content (AvgIpc) is 2.84. The van der Waals surface area contributed by atoms with Crippen molar-refractivity contribution in [1.82, 2.24) is 5.32 Å². The van der Waals surface area contributed by atoms with E-state index in [9.17, 15) is 9.90 Å². The maximum absolute atomic E-state index is 12.2. The summed E-state index contributed by atoms with van der Waals surface area (Å²) in [6.07, 6.45) is 2.33. The van der Waals surface area contributed by atoms with E-state index in [0.717, 1.165) is 29.7 Å². The normalized spacial score (nSPS) is 11.5. The molecule has 2 N–H and O–H groups in total. The summed E-state index contributed by atoms with van der Waals surface area (Å²) in [6.45, 7) is 5.99. The molecule has 0 aliphatic carbocycles. The van der Waals surface area contributed by atoms with E-state index < -0.39 is 5.54 Å². The van der Waals surface area contributed by atoms with Gasteiger partial charge in [0.25, 0.3) is 5.91 Å². The number of aliphatic hydroxyl groups excluding tert-OH is 1. The van der Waals surface area contributed by atoms with Gasteiger partial charge in [0.2, 0.25) is 0 Å². The molecular formula is C13H21NO2S. The fourth-order valence-corrected chi connectivity index (χ4v) is 2.69. The van der Waals surface area contributed by atoms with Crippen molar-refractivity contribution in [2.24, 2.45) is 0 Å². The number of carbonyl (C=O) groups excluding carboxylic acids is 1. The molecule has 0 fully saturated rings. The molecule has 0 saturated heterocycles. The lowest BCUT2D eigenvalue weighted by molar-refractivity contribution is 0.0821. The van der Waals surface area contributed by atoms with Crippen LogP contribution in [0.4, 0.5) is 0 Å². The van der Waals surface area contributed by atoms with Crippen LogP contribution < -0.4 is 5.32 Å². The van der Waals surface area contributed by atoms with E-state index in [1.807, 2.05) is 32.2 Å². The molecule has 0 saturated carbocycles. The molecule has 0 aliphatic rings. The van der Waals surface area contributed by atoms with Gasteiger partial charge in [-0.3, -0.25) is 4.79 Å². The highest BCUT2D eigenvalue weighted by atomic mass is 32.1. The van der Waals surface area contributed by atoms with Crippen molar-refractivity contribution in [3.05, 3.63) is 21.9 Å². The maximum Gasteiger partial charge on any atom is 0.262 e. The molecule has 1 aromatic heterocycles. The van der Waals surface area contributed by atoms with Crippen LogP contribution in [0.15, 0.2) is 11.4 Å². The second-order valence-electron chi connectivity index (χ2n) is 4.23. The van der Waals surface area contributed by atoms with Crippen LogP contribution >= 0.6 is 11.3 Å². The molecule has 96 valence electrons. The molecule has 1 amide bonds. The monoisotopic (exact) mass is 255 g/mol. The first-order chi connectivity index (χ1) is 8.12. The van der Waals surface area contributed by atoms with Gasteiger partial charge in [-0.05, 0) is 36.3 Å². The van der Waals surface area contributed by atoms with Gasteiger partial charge in [0.05, 0.1) is 17.0 Å². The summed E-state index contributed by atoms with van der Waals surface area (Å²) in [5, 5.41) is 14.4. The Morgan fingerprint density at radius 1 is 1.41 bits per heavy atom. The molecule has 0 aliphatic heterocycles. The lowest BCUT2D eigenvalue weighted by Crippen LogP contribution is -2.50. The summed E-state index contributed by atoms with van der Waals surface area (Å²) in [7, 11) is 0. The van der Waals surface area contributed by atoms with Crippen LogP contribution in [0.5, 0.6) is 0 Å². The molecule has 3 nitrogen and oxygen atoms in total. The fourth-order valence-electron chi connectivity index (χ4n) is 1.80. The molecule has 1 heterocycles. The Hall–Kier alpha value is -0.870. The zero-order valence-corrected chi connectivity index (χ0v) is 11.6. The van der Waals surface area contributed by atoms with E-state index in [2.05, 4.69) is 5.32 Å². The Labute approximate surface area is 107 Å². The second-order valence-corrected chi connectivity index (χ2v) is 5.14. The molecule has 0 radical (unpaired) electrons. The molecule has 4 heteroatoms. The smallest absolute Gasteiger partial charge is 0.262 e.